The second-order valence-electron chi connectivity index (χ2n) is 6.80. The van der Waals surface area contributed by atoms with Crippen LogP contribution in [0.1, 0.15) is 40.8 Å². The van der Waals surface area contributed by atoms with Crippen molar-refractivity contribution in [3.63, 3.8) is 0 Å². The molecule has 1 aliphatic heterocycles. The highest BCUT2D eigenvalue weighted by atomic mass is 16.2. The Balaban J connectivity index is 1.50. The van der Waals surface area contributed by atoms with E-state index in [0.29, 0.717) is 24.5 Å². The first-order valence-electron chi connectivity index (χ1n) is 8.98. The third-order valence-electron chi connectivity index (χ3n) is 4.96. The molecular weight excluding hydrogens is 344 g/mol. The lowest BCUT2D eigenvalue weighted by Crippen LogP contribution is -2.39. The molecule has 0 radical (unpaired) electrons. The zero-order valence-electron chi connectivity index (χ0n) is 15.2. The van der Waals surface area contributed by atoms with Gasteiger partial charge in [-0.05, 0) is 31.0 Å². The van der Waals surface area contributed by atoms with E-state index in [1.165, 1.54) is 0 Å². The molecule has 1 fully saturated rings. The number of pyridine rings is 1. The maximum Gasteiger partial charge on any atom is 0.254 e. The van der Waals surface area contributed by atoms with Gasteiger partial charge in [0.1, 0.15) is 18.2 Å². The topological polar surface area (TPSA) is 108 Å². The molecule has 9 nitrogen and oxygen atoms in total. The number of likely N-dealkylation sites (tertiary alicyclic amines) is 1. The molecule has 0 spiro atoms. The molecule has 4 heterocycles. The Bertz CT molecular complexity index is 933. The maximum atomic E-state index is 12.8. The molecule has 0 aromatic carbocycles. The number of piperidine rings is 1. The normalized spacial score (nSPS) is 17.2. The summed E-state index contributed by atoms with van der Waals surface area (Å²) in [6.07, 6.45) is 7.12. The molecule has 140 valence electrons. The molecule has 3 aromatic heterocycles. The summed E-state index contributed by atoms with van der Waals surface area (Å²) in [4.78, 5) is 18.6. The standard InChI is InChI=1S/C18H22N8O/c1-24-16(12-26-9-3-6-21-26)22-23-17(24)14-4-2-8-25(11-14)18(27)13-5-7-20-15(19)10-13/h3,5-7,9-10,14H,2,4,8,11-12H2,1H3,(H2,19,20)/t14-/m1/s1. The number of nitrogen functional groups attached to an aromatic ring is 1. The van der Waals surface area contributed by atoms with Crippen molar-refractivity contribution in [2.24, 2.45) is 7.05 Å². The van der Waals surface area contributed by atoms with Crippen LogP contribution >= 0.6 is 0 Å². The van der Waals surface area contributed by atoms with Gasteiger partial charge in [0, 0.05) is 50.2 Å². The van der Waals surface area contributed by atoms with Gasteiger partial charge in [-0.2, -0.15) is 5.10 Å². The number of carbonyl (C=O) groups excluding carboxylic acids is 1. The first-order valence-corrected chi connectivity index (χ1v) is 8.98. The van der Waals surface area contributed by atoms with E-state index >= 15 is 0 Å². The van der Waals surface area contributed by atoms with Crippen LogP contribution in [-0.4, -0.2) is 53.4 Å². The zero-order valence-corrected chi connectivity index (χ0v) is 15.2. The Hall–Kier alpha value is -3.23. The van der Waals surface area contributed by atoms with Crippen LogP contribution in [0.3, 0.4) is 0 Å². The molecular formula is C18H22N8O. The van der Waals surface area contributed by atoms with E-state index in [4.69, 9.17) is 5.73 Å². The van der Waals surface area contributed by atoms with E-state index in [1.54, 1.807) is 24.5 Å². The van der Waals surface area contributed by atoms with Gasteiger partial charge in [0.05, 0.1) is 0 Å². The molecule has 1 amide bonds. The van der Waals surface area contributed by atoms with Gasteiger partial charge in [-0.15, -0.1) is 10.2 Å². The molecule has 4 rings (SSSR count). The van der Waals surface area contributed by atoms with Gasteiger partial charge in [0.15, 0.2) is 5.82 Å². The Morgan fingerprint density at radius 1 is 1.33 bits per heavy atom. The van der Waals surface area contributed by atoms with Gasteiger partial charge >= 0.3 is 0 Å². The van der Waals surface area contributed by atoms with Gasteiger partial charge in [-0.1, -0.05) is 0 Å². The highest BCUT2D eigenvalue weighted by molar-refractivity contribution is 5.94. The van der Waals surface area contributed by atoms with Crippen LogP contribution < -0.4 is 5.73 Å². The number of anilines is 1. The van der Waals surface area contributed by atoms with Crippen LogP contribution in [0.4, 0.5) is 5.82 Å². The predicted molar refractivity (Wildman–Crippen MR) is 98.9 cm³/mol. The zero-order chi connectivity index (χ0) is 18.8. The lowest BCUT2D eigenvalue weighted by molar-refractivity contribution is 0.0703. The van der Waals surface area contributed by atoms with Crippen molar-refractivity contribution in [2.75, 3.05) is 18.8 Å². The lowest BCUT2D eigenvalue weighted by atomic mass is 9.96. The van der Waals surface area contributed by atoms with Gasteiger partial charge in [0.2, 0.25) is 0 Å². The number of nitrogens with zero attached hydrogens (tertiary/aromatic N) is 7. The van der Waals surface area contributed by atoms with Crippen molar-refractivity contribution in [3.8, 4) is 0 Å². The molecule has 3 aromatic rings. The van der Waals surface area contributed by atoms with E-state index in [9.17, 15) is 4.79 Å². The molecule has 0 saturated carbocycles. The Labute approximate surface area is 156 Å². The van der Waals surface area contributed by atoms with Crippen LogP contribution in [0.5, 0.6) is 0 Å². The number of hydrogen-bond donors (Lipinski definition) is 1. The summed E-state index contributed by atoms with van der Waals surface area (Å²) >= 11 is 0. The fourth-order valence-corrected chi connectivity index (χ4v) is 3.54. The number of carbonyl (C=O) groups is 1. The van der Waals surface area contributed by atoms with Gasteiger partial charge < -0.3 is 15.2 Å². The van der Waals surface area contributed by atoms with Crippen molar-refractivity contribution < 1.29 is 4.79 Å². The second kappa shape index (κ2) is 7.18. The fraction of sp³-hybridized carbons (Fsp3) is 0.389. The molecule has 0 unspecified atom stereocenters. The SMILES string of the molecule is Cn1c(Cn2cccn2)nnc1[C@@H]1CCCN(C(=O)c2ccnc(N)c2)C1. The monoisotopic (exact) mass is 366 g/mol. The number of nitrogens with two attached hydrogens (primary N) is 1. The summed E-state index contributed by atoms with van der Waals surface area (Å²) in [6, 6.07) is 5.21. The fourth-order valence-electron chi connectivity index (χ4n) is 3.54. The summed E-state index contributed by atoms with van der Waals surface area (Å²) < 4.78 is 3.84. The molecule has 1 atom stereocenters. The average molecular weight is 366 g/mol. The Kier molecular flexibility index (Phi) is 4.57. The predicted octanol–water partition coefficient (Wildman–Crippen LogP) is 1.06. The van der Waals surface area contributed by atoms with Crippen LogP contribution in [0.15, 0.2) is 36.8 Å². The molecule has 1 saturated heterocycles. The highest BCUT2D eigenvalue weighted by Crippen LogP contribution is 2.27. The number of rotatable bonds is 4. The molecule has 0 bridgehead atoms. The summed E-state index contributed by atoms with van der Waals surface area (Å²) in [5.41, 5.74) is 6.28. The summed E-state index contributed by atoms with van der Waals surface area (Å²) in [7, 11) is 1.97. The van der Waals surface area contributed by atoms with Gasteiger partial charge in [-0.25, -0.2) is 4.98 Å². The first kappa shape index (κ1) is 17.2. The molecule has 1 aliphatic rings. The van der Waals surface area contributed by atoms with Crippen LogP contribution in [-0.2, 0) is 13.6 Å². The summed E-state index contributed by atoms with van der Waals surface area (Å²) in [5, 5.41) is 13.0. The third-order valence-corrected chi connectivity index (χ3v) is 4.96. The van der Waals surface area contributed by atoms with E-state index in [2.05, 4.69) is 20.3 Å². The Morgan fingerprint density at radius 2 is 2.22 bits per heavy atom. The number of aromatic nitrogens is 6. The average Bonchev–Trinajstić information content (AvgIpc) is 3.32. The van der Waals surface area contributed by atoms with E-state index in [1.807, 2.05) is 33.5 Å². The van der Waals surface area contributed by atoms with Crippen molar-refractivity contribution in [1.82, 2.24) is 34.4 Å². The minimum absolute atomic E-state index is 0.0206. The minimum atomic E-state index is -0.0206. The van der Waals surface area contributed by atoms with Gasteiger partial charge in [-0.3, -0.25) is 9.48 Å². The van der Waals surface area contributed by atoms with Crippen molar-refractivity contribution in [3.05, 3.63) is 54.0 Å². The largest absolute Gasteiger partial charge is 0.384 e. The van der Waals surface area contributed by atoms with E-state index in [-0.39, 0.29) is 11.8 Å². The van der Waals surface area contributed by atoms with Crippen LogP contribution in [0.25, 0.3) is 0 Å². The summed E-state index contributed by atoms with van der Waals surface area (Å²) in [6.45, 7) is 1.92. The summed E-state index contributed by atoms with van der Waals surface area (Å²) in [5.74, 6) is 2.24. The first-order chi connectivity index (χ1) is 13.1. The number of hydrogen-bond acceptors (Lipinski definition) is 6. The second-order valence-corrected chi connectivity index (χ2v) is 6.80. The van der Waals surface area contributed by atoms with Crippen LogP contribution in [0, 0.1) is 0 Å². The van der Waals surface area contributed by atoms with E-state index < -0.39 is 0 Å². The minimum Gasteiger partial charge on any atom is -0.384 e. The van der Waals surface area contributed by atoms with Crippen molar-refractivity contribution in [2.45, 2.75) is 25.3 Å². The van der Waals surface area contributed by atoms with E-state index in [0.717, 1.165) is 31.0 Å². The van der Waals surface area contributed by atoms with Crippen molar-refractivity contribution in [1.29, 1.82) is 0 Å². The smallest absolute Gasteiger partial charge is 0.254 e. The van der Waals surface area contributed by atoms with Crippen LogP contribution in [0.2, 0.25) is 0 Å². The molecule has 0 aliphatic carbocycles. The highest BCUT2D eigenvalue weighted by Gasteiger charge is 2.29. The number of amides is 1. The maximum absolute atomic E-state index is 12.8. The quantitative estimate of drug-likeness (QED) is 0.740. The molecule has 27 heavy (non-hydrogen) atoms. The lowest BCUT2D eigenvalue weighted by Gasteiger charge is -2.32. The van der Waals surface area contributed by atoms with Gasteiger partial charge in [0.25, 0.3) is 5.91 Å². The third kappa shape index (κ3) is 3.53. The van der Waals surface area contributed by atoms with Crippen molar-refractivity contribution >= 4 is 11.7 Å². The Morgan fingerprint density at radius 3 is 3.00 bits per heavy atom. The molecule has 2 N–H and O–H groups in total. The molecule has 9 heteroatoms.